The predicted molar refractivity (Wildman–Crippen MR) is 100 cm³/mol. The number of benzene rings is 1. The van der Waals surface area contributed by atoms with E-state index in [2.05, 4.69) is 5.32 Å². The van der Waals surface area contributed by atoms with Gasteiger partial charge < -0.3 is 9.73 Å². The van der Waals surface area contributed by atoms with E-state index in [9.17, 15) is 13.2 Å². The lowest BCUT2D eigenvalue weighted by Crippen LogP contribution is -2.35. The molecular formula is C18H16N2O4S2. The number of anilines is 2. The zero-order chi connectivity index (χ0) is 18.1. The highest BCUT2D eigenvalue weighted by molar-refractivity contribution is 7.94. The molecule has 1 aromatic carbocycles. The van der Waals surface area contributed by atoms with Crippen molar-refractivity contribution in [2.45, 2.75) is 17.1 Å². The Bertz CT molecular complexity index is 1030. The van der Waals surface area contributed by atoms with Crippen LogP contribution in [0.2, 0.25) is 0 Å². The maximum atomic E-state index is 13.0. The van der Waals surface area contributed by atoms with E-state index in [1.54, 1.807) is 41.8 Å². The molecule has 1 aliphatic heterocycles. The highest BCUT2D eigenvalue weighted by Gasteiger charge is 2.30. The Morgan fingerprint density at radius 3 is 2.81 bits per heavy atom. The summed E-state index contributed by atoms with van der Waals surface area (Å²) < 4.78 is 32.8. The SMILES string of the molecule is O=C(Nc1ccc2c(c1)N(S(=O)(=O)c1cccs1)CCC2)c1ccco1. The summed E-state index contributed by atoms with van der Waals surface area (Å²) in [6.45, 7) is 0.419. The second-order valence-electron chi connectivity index (χ2n) is 5.89. The number of carbonyl (C=O) groups is 1. The van der Waals surface area contributed by atoms with Gasteiger partial charge in [0.1, 0.15) is 4.21 Å². The third-order valence-electron chi connectivity index (χ3n) is 4.20. The zero-order valence-electron chi connectivity index (χ0n) is 13.7. The van der Waals surface area contributed by atoms with Gasteiger partial charge >= 0.3 is 0 Å². The second kappa shape index (κ2) is 6.62. The Kier molecular flexibility index (Phi) is 4.29. The molecule has 26 heavy (non-hydrogen) atoms. The number of hydrogen-bond donors (Lipinski definition) is 1. The van der Waals surface area contributed by atoms with Crippen molar-refractivity contribution >= 4 is 38.6 Å². The highest BCUT2D eigenvalue weighted by Crippen LogP contribution is 2.35. The van der Waals surface area contributed by atoms with Crippen LogP contribution in [-0.4, -0.2) is 20.9 Å². The summed E-state index contributed by atoms with van der Waals surface area (Å²) in [4.78, 5) is 12.2. The minimum Gasteiger partial charge on any atom is -0.459 e. The number of rotatable bonds is 4. The first-order chi connectivity index (χ1) is 12.6. The molecule has 0 spiro atoms. The van der Waals surface area contributed by atoms with Gasteiger partial charge in [-0.3, -0.25) is 9.10 Å². The van der Waals surface area contributed by atoms with Gasteiger partial charge in [0.05, 0.1) is 12.0 Å². The third kappa shape index (κ3) is 3.02. The first-order valence-corrected chi connectivity index (χ1v) is 10.4. The second-order valence-corrected chi connectivity index (χ2v) is 8.92. The van der Waals surface area contributed by atoms with Crippen molar-refractivity contribution in [2.75, 3.05) is 16.2 Å². The van der Waals surface area contributed by atoms with Crippen LogP contribution in [0.25, 0.3) is 0 Å². The molecule has 6 nitrogen and oxygen atoms in total. The maximum Gasteiger partial charge on any atom is 0.291 e. The van der Waals surface area contributed by atoms with Crippen molar-refractivity contribution in [1.29, 1.82) is 0 Å². The Labute approximate surface area is 155 Å². The van der Waals surface area contributed by atoms with Gasteiger partial charge in [-0.1, -0.05) is 12.1 Å². The molecule has 0 unspecified atom stereocenters. The van der Waals surface area contributed by atoms with Crippen LogP contribution in [0.1, 0.15) is 22.5 Å². The fourth-order valence-electron chi connectivity index (χ4n) is 2.99. The van der Waals surface area contributed by atoms with Crippen LogP contribution in [0, 0.1) is 0 Å². The lowest BCUT2D eigenvalue weighted by atomic mass is 10.0. The molecule has 2 aromatic heterocycles. The molecule has 3 heterocycles. The summed E-state index contributed by atoms with van der Waals surface area (Å²) in [6.07, 6.45) is 2.99. The Hall–Kier alpha value is -2.58. The molecule has 0 bridgehead atoms. The van der Waals surface area contributed by atoms with Gasteiger partial charge in [0, 0.05) is 12.2 Å². The number of carbonyl (C=O) groups excluding carboxylic acids is 1. The predicted octanol–water partition coefficient (Wildman–Crippen LogP) is 3.73. The average molecular weight is 388 g/mol. The van der Waals surface area contributed by atoms with Crippen LogP contribution in [0.15, 0.2) is 62.7 Å². The number of furan rings is 1. The van der Waals surface area contributed by atoms with Crippen LogP contribution >= 0.6 is 11.3 Å². The summed E-state index contributed by atoms with van der Waals surface area (Å²) in [7, 11) is -3.60. The van der Waals surface area contributed by atoms with E-state index in [-0.39, 0.29) is 11.7 Å². The molecule has 0 aliphatic carbocycles. The molecule has 1 amide bonds. The number of amides is 1. The normalized spacial score (nSPS) is 14.1. The minimum atomic E-state index is -3.60. The molecule has 134 valence electrons. The van der Waals surface area contributed by atoms with Gasteiger partial charge in [-0.25, -0.2) is 8.42 Å². The first kappa shape index (κ1) is 16.9. The Balaban J connectivity index is 1.68. The van der Waals surface area contributed by atoms with Crippen LogP contribution in [0.3, 0.4) is 0 Å². The molecule has 4 rings (SSSR count). The summed E-state index contributed by atoms with van der Waals surface area (Å²) in [5.74, 6) is -0.177. The molecule has 0 saturated heterocycles. The minimum absolute atomic E-state index is 0.200. The quantitative estimate of drug-likeness (QED) is 0.738. The number of thiophene rings is 1. The van der Waals surface area contributed by atoms with E-state index in [1.807, 2.05) is 6.07 Å². The van der Waals surface area contributed by atoms with E-state index in [0.29, 0.717) is 22.1 Å². The van der Waals surface area contributed by atoms with E-state index >= 15 is 0 Å². The van der Waals surface area contributed by atoms with Crippen molar-refractivity contribution in [1.82, 2.24) is 0 Å². The van der Waals surface area contributed by atoms with Crippen LogP contribution in [-0.2, 0) is 16.4 Å². The van der Waals surface area contributed by atoms with Crippen molar-refractivity contribution < 1.29 is 17.6 Å². The number of nitrogens with one attached hydrogen (secondary N) is 1. The monoisotopic (exact) mass is 388 g/mol. The Morgan fingerprint density at radius 2 is 2.08 bits per heavy atom. The smallest absolute Gasteiger partial charge is 0.291 e. The van der Waals surface area contributed by atoms with E-state index in [4.69, 9.17) is 4.42 Å². The standard InChI is InChI=1S/C18H16N2O4S2/c21-18(16-5-2-10-24-16)19-14-8-7-13-4-1-9-20(15(13)12-14)26(22,23)17-6-3-11-25-17/h2-3,5-8,10-12H,1,4,9H2,(H,19,21). The highest BCUT2D eigenvalue weighted by atomic mass is 32.2. The molecule has 1 aliphatic rings. The topological polar surface area (TPSA) is 79.6 Å². The van der Waals surface area contributed by atoms with E-state index in [1.165, 1.54) is 21.9 Å². The lowest BCUT2D eigenvalue weighted by molar-refractivity contribution is 0.0996. The number of hydrogen-bond acceptors (Lipinski definition) is 5. The molecule has 1 N–H and O–H groups in total. The van der Waals surface area contributed by atoms with Gasteiger partial charge in [-0.05, 0) is 54.1 Å². The van der Waals surface area contributed by atoms with Gasteiger partial charge in [0.2, 0.25) is 0 Å². The number of aryl methyl sites for hydroxylation is 1. The summed E-state index contributed by atoms with van der Waals surface area (Å²) in [5, 5.41) is 4.50. The van der Waals surface area contributed by atoms with Gasteiger partial charge in [-0.15, -0.1) is 11.3 Å². The summed E-state index contributed by atoms with van der Waals surface area (Å²) >= 11 is 1.20. The fraction of sp³-hybridized carbons (Fsp3) is 0.167. The summed E-state index contributed by atoms with van der Waals surface area (Å²) in [6, 6.07) is 11.9. The van der Waals surface area contributed by atoms with E-state index in [0.717, 1.165) is 18.4 Å². The Morgan fingerprint density at radius 1 is 1.19 bits per heavy atom. The van der Waals surface area contributed by atoms with Gasteiger partial charge in [0.15, 0.2) is 5.76 Å². The first-order valence-electron chi connectivity index (χ1n) is 8.10. The molecule has 8 heteroatoms. The lowest BCUT2D eigenvalue weighted by Gasteiger charge is -2.30. The van der Waals surface area contributed by atoms with Crippen LogP contribution in [0.5, 0.6) is 0 Å². The molecular weight excluding hydrogens is 372 g/mol. The molecule has 0 fully saturated rings. The maximum absolute atomic E-state index is 13.0. The van der Waals surface area contributed by atoms with Crippen LogP contribution in [0.4, 0.5) is 11.4 Å². The van der Waals surface area contributed by atoms with E-state index < -0.39 is 10.0 Å². The van der Waals surface area contributed by atoms with Crippen LogP contribution < -0.4 is 9.62 Å². The van der Waals surface area contributed by atoms with Crippen molar-refractivity contribution in [3.8, 4) is 0 Å². The van der Waals surface area contributed by atoms with Crippen molar-refractivity contribution in [3.63, 3.8) is 0 Å². The molecule has 0 atom stereocenters. The van der Waals surface area contributed by atoms with Crippen molar-refractivity contribution in [3.05, 3.63) is 65.4 Å². The molecule has 0 saturated carbocycles. The third-order valence-corrected chi connectivity index (χ3v) is 7.39. The number of nitrogens with zero attached hydrogens (tertiary/aromatic N) is 1. The van der Waals surface area contributed by atoms with Gasteiger partial charge in [0.25, 0.3) is 15.9 Å². The number of fused-ring (bicyclic) bond motifs is 1. The summed E-state index contributed by atoms with van der Waals surface area (Å²) in [5.41, 5.74) is 2.09. The largest absolute Gasteiger partial charge is 0.459 e. The van der Waals surface area contributed by atoms with Gasteiger partial charge in [-0.2, -0.15) is 0 Å². The van der Waals surface area contributed by atoms with Crippen molar-refractivity contribution in [2.24, 2.45) is 0 Å². The molecule has 3 aromatic rings. The fourth-order valence-corrected chi connectivity index (χ4v) is 5.63. The zero-order valence-corrected chi connectivity index (χ0v) is 15.3. The number of sulfonamides is 1. The average Bonchev–Trinajstić information content (AvgIpc) is 3.34. The molecule has 0 radical (unpaired) electrons.